The maximum atomic E-state index is 9.64. The van der Waals surface area contributed by atoms with Gasteiger partial charge in [0.15, 0.2) is 0 Å². The van der Waals surface area contributed by atoms with Gasteiger partial charge in [0.25, 0.3) is 0 Å². The van der Waals surface area contributed by atoms with Crippen LogP contribution in [0.2, 0.25) is 0 Å². The van der Waals surface area contributed by atoms with E-state index in [-0.39, 0.29) is 0 Å². The predicted octanol–water partition coefficient (Wildman–Crippen LogP) is 4.79. The van der Waals surface area contributed by atoms with E-state index < -0.39 is 0 Å². The molecule has 2 rings (SSSR count). The van der Waals surface area contributed by atoms with Crippen molar-refractivity contribution in [2.75, 3.05) is 0 Å². The maximum absolute atomic E-state index is 9.64. The van der Waals surface area contributed by atoms with Crippen molar-refractivity contribution in [1.82, 2.24) is 0 Å². The third-order valence-electron chi connectivity index (χ3n) is 3.22. The van der Waals surface area contributed by atoms with E-state index in [9.17, 15) is 5.11 Å². The van der Waals surface area contributed by atoms with E-state index in [0.717, 1.165) is 6.42 Å². The summed E-state index contributed by atoms with van der Waals surface area (Å²) in [5.41, 5.74) is 3.71. The van der Waals surface area contributed by atoms with Gasteiger partial charge in [-0.2, -0.15) is 0 Å². The van der Waals surface area contributed by atoms with Crippen LogP contribution >= 0.6 is 0 Å². The molecule has 1 heteroatoms. The van der Waals surface area contributed by atoms with Crippen molar-refractivity contribution in [3.63, 3.8) is 0 Å². The van der Waals surface area contributed by atoms with E-state index in [2.05, 4.69) is 31.2 Å². The normalized spacial score (nSPS) is 10.5. The predicted molar refractivity (Wildman–Crippen MR) is 76.8 cm³/mol. The molecule has 0 aliphatic heterocycles. The van der Waals surface area contributed by atoms with Crippen molar-refractivity contribution in [1.29, 1.82) is 0 Å². The molecule has 0 heterocycles. The average molecular weight is 240 g/mol. The molecular formula is C17H20O. The summed E-state index contributed by atoms with van der Waals surface area (Å²) in [5.74, 6) is 0.362. The van der Waals surface area contributed by atoms with E-state index in [4.69, 9.17) is 0 Å². The van der Waals surface area contributed by atoms with Gasteiger partial charge in [-0.05, 0) is 41.7 Å². The second-order valence-electron chi connectivity index (χ2n) is 4.66. The molecule has 94 valence electrons. The highest BCUT2D eigenvalue weighted by Crippen LogP contribution is 2.28. The van der Waals surface area contributed by atoms with Crippen LogP contribution in [0.1, 0.15) is 31.7 Å². The molecule has 0 aromatic heterocycles. The molecule has 0 saturated carbocycles. The van der Waals surface area contributed by atoms with Crippen LogP contribution in [0.5, 0.6) is 5.75 Å². The summed E-state index contributed by atoms with van der Waals surface area (Å²) in [6, 6.07) is 16.1. The highest BCUT2D eigenvalue weighted by Gasteiger charge is 2.05. The van der Waals surface area contributed by atoms with Gasteiger partial charge in [-0.1, -0.05) is 56.2 Å². The number of phenolic OH excluding ortho intramolecular Hbond substituents is 1. The first kappa shape index (κ1) is 12.7. The Morgan fingerprint density at radius 2 is 1.72 bits per heavy atom. The van der Waals surface area contributed by atoms with Crippen LogP contribution in [-0.4, -0.2) is 5.11 Å². The van der Waals surface area contributed by atoms with Gasteiger partial charge in [-0.3, -0.25) is 0 Å². The van der Waals surface area contributed by atoms with Crippen molar-refractivity contribution in [3.05, 3.63) is 54.1 Å². The third-order valence-corrected chi connectivity index (χ3v) is 3.22. The topological polar surface area (TPSA) is 20.2 Å². The summed E-state index contributed by atoms with van der Waals surface area (Å²) in [6.45, 7) is 2.21. The van der Waals surface area contributed by atoms with E-state index in [1.807, 2.05) is 18.2 Å². The molecule has 0 amide bonds. The first-order valence-corrected chi connectivity index (χ1v) is 6.68. The number of hydrogen-bond acceptors (Lipinski definition) is 1. The van der Waals surface area contributed by atoms with Gasteiger partial charge in [0.05, 0.1) is 0 Å². The van der Waals surface area contributed by atoms with E-state index in [1.54, 1.807) is 6.07 Å². The number of rotatable bonds is 5. The molecule has 0 bridgehead atoms. The summed E-state index contributed by atoms with van der Waals surface area (Å²) in [6.07, 6.45) is 4.68. The minimum absolute atomic E-state index is 0.362. The van der Waals surface area contributed by atoms with Gasteiger partial charge in [-0.15, -0.1) is 0 Å². The molecule has 2 aromatic carbocycles. The Morgan fingerprint density at radius 1 is 0.944 bits per heavy atom. The summed E-state index contributed by atoms with van der Waals surface area (Å²) < 4.78 is 0. The van der Waals surface area contributed by atoms with Gasteiger partial charge in [0.1, 0.15) is 5.75 Å². The molecule has 0 atom stereocenters. The Labute approximate surface area is 109 Å². The number of hydrogen-bond donors (Lipinski definition) is 1. The summed E-state index contributed by atoms with van der Waals surface area (Å²) in [4.78, 5) is 0. The van der Waals surface area contributed by atoms with Gasteiger partial charge < -0.3 is 5.11 Å². The highest BCUT2D eigenvalue weighted by atomic mass is 16.3. The molecule has 0 radical (unpaired) electrons. The van der Waals surface area contributed by atoms with Gasteiger partial charge in [0.2, 0.25) is 0 Å². The quantitative estimate of drug-likeness (QED) is 0.745. The zero-order valence-electron chi connectivity index (χ0n) is 10.9. The van der Waals surface area contributed by atoms with Crippen LogP contribution < -0.4 is 0 Å². The Balaban J connectivity index is 2.29. The Hall–Kier alpha value is -1.76. The molecule has 0 saturated heterocycles. The molecule has 1 nitrogen and oxygen atoms in total. The zero-order chi connectivity index (χ0) is 12.8. The second kappa shape index (κ2) is 6.25. The number of aromatic hydroxyl groups is 1. The van der Waals surface area contributed by atoms with E-state index >= 15 is 0 Å². The first-order chi connectivity index (χ1) is 8.81. The molecule has 0 fully saturated rings. The van der Waals surface area contributed by atoms with Crippen LogP contribution in [-0.2, 0) is 6.42 Å². The van der Waals surface area contributed by atoms with Crippen LogP contribution in [0.25, 0.3) is 11.1 Å². The minimum Gasteiger partial charge on any atom is -0.508 e. The van der Waals surface area contributed by atoms with Crippen LogP contribution in [0.15, 0.2) is 48.5 Å². The van der Waals surface area contributed by atoms with Gasteiger partial charge in [0, 0.05) is 0 Å². The SMILES string of the molecule is CCCCCc1cc(O)ccc1-c1ccccc1. The molecular weight excluding hydrogens is 220 g/mol. The lowest BCUT2D eigenvalue weighted by atomic mass is 9.95. The van der Waals surface area contributed by atoms with Gasteiger partial charge in [-0.25, -0.2) is 0 Å². The molecule has 0 spiro atoms. The zero-order valence-corrected chi connectivity index (χ0v) is 10.9. The Kier molecular flexibility index (Phi) is 4.40. The molecule has 2 aromatic rings. The monoisotopic (exact) mass is 240 g/mol. The first-order valence-electron chi connectivity index (χ1n) is 6.68. The molecule has 18 heavy (non-hydrogen) atoms. The highest BCUT2D eigenvalue weighted by molar-refractivity contribution is 5.68. The third kappa shape index (κ3) is 3.13. The standard InChI is InChI=1S/C17H20O/c1-2-3-5-10-15-13-16(18)11-12-17(15)14-8-6-4-7-9-14/h4,6-9,11-13,18H,2-3,5,10H2,1H3. The number of aryl methyl sites for hydroxylation is 1. The maximum Gasteiger partial charge on any atom is 0.115 e. The lowest BCUT2D eigenvalue weighted by Gasteiger charge is -2.10. The average Bonchev–Trinajstić information content (AvgIpc) is 2.40. The molecule has 1 N–H and O–H groups in total. The summed E-state index contributed by atoms with van der Waals surface area (Å²) in [5, 5.41) is 9.64. The number of unbranched alkanes of at least 4 members (excludes halogenated alkanes) is 2. The minimum atomic E-state index is 0.362. The van der Waals surface area contributed by atoms with Crippen LogP contribution in [0.4, 0.5) is 0 Å². The van der Waals surface area contributed by atoms with E-state index in [1.165, 1.54) is 36.0 Å². The van der Waals surface area contributed by atoms with Crippen LogP contribution in [0, 0.1) is 0 Å². The second-order valence-corrected chi connectivity index (χ2v) is 4.66. The Bertz CT molecular complexity index is 488. The van der Waals surface area contributed by atoms with Crippen molar-refractivity contribution in [2.45, 2.75) is 32.6 Å². The lowest BCUT2D eigenvalue weighted by molar-refractivity contribution is 0.474. The van der Waals surface area contributed by atoms with Crippen molar-refractivity contribution >= 4 is 0 Å². The molecule has 0 aliphatic carbocycles. The van der Waals surface area contributed by atoms with Crippen LogP contribution in [0.3, 0.4) is 0 Å². The largest absolute Gasteiger partial charge is 0.508 e. The van der Waals surface area contributed by atoms with Crippen molar-refractivity contribution in [3.8, 4) is 16.9 Å². The molecule has 0 aliphatic rings. The van der Waals surface area contributed by atoms with Crippen molar-refractivity contribution < 1.29 is 5.11 Å². The number of phenols is 1. The Morgan fingerprint density at radius 3 is 2.44 bits per heavy atom. The fourth-order valence-corrected chi connectivity index (χ4v) is 2.25. The summed E-state index contributed by atoms with van der Waals surface area (Å²) >= 11 is 0. The van der Waals surface area contributed by atoms with Crippen molar-refractivity contribution in [2.24, 2.45) is 0 Å². The smallest absolute Gasteiger partial charge is 0.115 e. The summed E-state index contributed by atoms with van der Waals surface area (Å²) in [7, 11) is 0. The number of benzene rings is 2. The molecule has 0 unspecified atom stereocenters. The van der Waals surface area contributed by atoms with E-state index in [0.29, 0.717) is 5.75 Å². The van der Waals surface area contributed by atoms with Gasteiger partial charge >= 0.3 is 0 Å². The fourth-order valence-electron chi connectivity index (χ4n) is 2.25. The fraction of sp³-hybridized carbons (Fsp3) is 0.294. The lowest BCUT2D eigenvalue weighted by Crippen LogP contribution is -1.90.